The van der Waals surface area contributed by atoms with Crippen LogP contribution in [-0.4, -0.2) is 22.6 Å². The summed E-state index contributed by atoms with van der Waals surface area (Å²) in [7, 11) is 0. The molecule has 0 spiro atoms. The van der Waals surface area contributed by atoms with E-state index in [4.69, 9.17) is 0 Å². The third-order valence-corrected chi connectivity index (χ3v) is 1.63. The minimum atomic E-state index is 0.380. The van der Waals surface area contributed by atoms with Crippen LogP contribution < -0.4 is 10.6 Å². The minimum Gasteiger partial charge on any atom is -0.369 e. The van der Waals surface area contributed by atoms with E-state index < -0.39 is 0 Å². The highest BCUT2D eigenvalue weighted by Crippen LogP contribution is 2.07. The summed E-state index contributed by atoms with van der Waals surface area (Å²) < 4.78 is 0. The largest absolute Gasteiger partial charge is 0.369 e. The molecule has 0 bridgehead atoms. The fraction of sp³-hybridized carbons (Fsp3) is 0.600. The number of nitrogens with one attached hydrogen (secondary N) is 2. The Labute approximate surface area is 85.2 Å². The number of rotatable bonds is 5. The molecule has 0 aliphatic carbocycles. The monoisotopic (exact) mass is 194 g/mol. The summed E-state index contributed by atoms with van der Waals surface area (Å²) in [6.07, 6.45) is 4.56. The van der Waals surface area contributed by atoms with Crippen LogP contribution >= 0.6 is 0 Å². The summed E-state index contributed by atoms with van der Waals surface area (Å²) in [5, 5.41) is 6.40. The second-order valence-corrected chi connectivity index (χ2v) is 3.52. The van der Waals surface area contributed by atoms with Gasteiger partial charge in [-0.3, -0.25) is 4.98 Å². The fourth-order valence-electron chi connectivity index (χ4n) is 1.07. The molecule has 0 amide bonds. The lowest BCUT2D eigenvalue weighted by atomic mass is 10.4. The zero-order valence-electron chi connectivity index (χ0n) is 9.04. The van der Waals surface area contributed by atoms with E-state index in [2.05, 4.69) is 41.4 Å². The van der Waals surface area contributed by atoms with Gasteiger partial charge in [0.15, 0.2) is 0 Å². The highest BCUT2D eigenvalue weighted by molar-refractivity contribution is 5.41. The molecule has 0 saturated heterocycles. The van der Waals surface area contributed by atoms with Crippen LogP contribution in [0.4, 0.5) is 11.6 Å². The Kier molecular flexibility index (Phi) is 4.16. The maximum absolute atomic E-state index is 4.37. The third-order valence-electron chi connectivity index (χ3n) is 1.63. The van der Waals surface area contributed by atoms with E-state index in [-0.39, 0.29) is 0 Å². The van der Waals surface area contributed by atoms with Gasteiger partial charge in [0, 0.05) is 12.6 Å². The summed E-state index contributed by atoms with van der Waals surface area (Å²) in [4.78, 5) is 8.47. The Bertz CT molecular complexity index is 273. The van der Waals surface area contributed by atoms with Gasteiger partial charge in [0.05, 0.1) is 12.4 Å². The molecule has 1 rings (SSSR count). The predicted molar refractivity (Wildman–Crippen MR) is 59.6 cm³/mol. The van der Waals surface area contributed by atoms with Crippen molar-refractivity contribution in [2.45, 2.75) is 33.2 Å². The maximum Gasteiger partial charge on any atom is 0.147 e. The van der Waals surface area contributed by atoms with Gasteiger partial charge in [0.2, 0.25) is 0 Å². The first-order valence-corrected chi connectivity index (χ1v) is 5.04. The molecule has 1 heterocycles. The van der Waals surface area contributed by atoms with Crippen LogP contribution in [0, 0.1) is 0 Å². The van der Waals surface area contributed by atoms with Crippen LogP contribution in [0.15, 0.2) is 12.4 Å². The standard InChI is InChI=1S/C10H18N4/c1-4-5-12-9-6-11-7-10(14-9)13-8(2)3/h6-8H,4-5H2,1-3H3,(H2,12,13,14). The lowest BCUT2D eigenvalue weighted by Crippen LogP contribution is -2.12. The first-order chi connectivity index (χ1) is 6.72. The van der Waals surface area contributed by atoms with Gasteiger partial charge in [-0.1, -0.05) is 6.92 Å². The highest BCUT2D eigenvalue weighted by atomic mass is 15.1. The van der Waals surface area contributed by atoms with Crippen LogP contribution in [0.25, 0.3) is 0 Å². The van der Waals surface area contributed by atoms with Crippen molar-refractivity contribution in [2.75, 3.05) is 17.2 Å². The molecule has 0 aromatic carbocycles. The fourth-order valence-corrected chi connectivity index (χ4v) is 1.07. The summed E-state index contributed by atoms with van der Waals surface area (Å²) >= 11 is 0. The van der Waals surface area contributed by atoms with E-state index in [0.29, 0.717) is 6.04 Å². The van der Waals surface area contributed by atoms with Crippen molar-refractivity contribution in [1.29, 1.82) is 0 Å². The predicted octanol–water partition coefficient (Wildman–Crippen LogP) is 2.12. The lowest BCUT2D eigenvalue weighted by molar-refractivity contribution is 0.883. The topological polar surface area (TPSA) is 49.8 Å². The molecule has 0 fully saturated rings. The van der Waals surface area contributed by atoms with Gasteiger partial charge < -0.3 is 10.6 Å². The number of hydrogen-bond acceptors (Lipinski definition) is 4. The zero-order chi connectivity index (χ0) is 10.4. The van der Waals surface area contributed by atoms with E-state index in [1.807, 2.05) is 0 Å². The summed E-state index contributed by atoms with van der Waals surface area (Å²) in [6, 6.07) is 0.380. The van der Waals surface area contributed by atoms with E-state index in [9.17, 15) is 0 Å². The van der Waals surface area contributed by atoms with Gasteiger partial charge in [0.1, 0.15) is 11.6 Å². The van der Waals surface area contributed by atoms with Crippen LogP contribution in [0.3, 0.4) is 0 Å². The van der Waals surface area contributed by atoms with E-state index in [1.165, 1.54) is 0 Å². The Morgan fingerprint density at radius 3 is 2.64 bits per heavy atom. The Morgan fingerprint density at radius 2 is 2.00 bits per heavy atom. The number of hydrogen-bond donors (Lipinski definition) is 2. The van der Waals surface area contributed by atoms with Crippen molar-refractivity contribution < 1.29 is 0 Å². The van der Waals surface area contributed by atoms with Gasteiger partial charge >= 0.3 is 0 Å². The van der Waals surface area contributed by atoms with Crippen molar-refractivity contribution in [3.63, 3.8) is 0 Å². The lowest BCUT2D eigenvalue weighted by Gasteiger charge is -2.10. The molecule has 0 unspecified atom stereocenters. The molecule has 4 heteroatoms. The molecular formula is C10H18N4. The summed E-state index contributed by atoms with van der Waals surface area (Å²) in [5.41, 5.74) is 0. The zero-order valence-corrected chi connectivity index (χ0v) is 9.04. The quantitative estimate of drug-likeness (QED) is 0.753. The molecule has 14 heavy (non-hydrogen) atoms. The van der Waals surface area contributed by atoms with E-state index in [1.54, 1.807) is 12.4 Å². The summed E-state index contributed by atoms with van der Waals surface area (Å²) in [5.74, 6) is 1.65. The molecular weight excluding hydrogens is 176 g/mol. The van der Waals surface area contributed by atoms with E-state index >= 15 is 0 Å². The Balaban J connectivity index is 2.59. The maximum atomic E-state index is 4.37. The molecule has 0 radical (unpaired) electrons. The van der Waals surface area contributed by atoms with Gasteiger partial charge in [-0.15, -0.1) is 0 Å². The second kappa shape index (κ2) is 5.42. The average Bonchev–Trinajstić information content (AvgIpc) is 2.14. The number of nitrogens with zero attached hydrogens (tertiary/aromatic N) is 2. The number of anilines is 2. The Hall–Kier alpha value is -1.32. The van der Waals surface area contributed by atoms with Crippen molar-refractivity contribution >= 4 is 11.6 Å². The Morgan fingerprint density at radius 1 is 1.29 bits per heavy atom. The van der Waals surface area contributed by atoms with Crippen LogP contribution in [-0.2, 0) is 0 Å². The van der Waals surface area contributed by atoms with Gasteiger partial charge in [0.25, 0.3) is 0 Å². The molecule has 0 saturated carbocycles. The average molecular weight is 194 g/mol. The molecule has 1 aromatic rings. The molecule has 0 aliphatic heterocycles. The molecule has 0 atom stereocenters. The minimum absolute atomic E-state index is 0.380. The van der Waals surface area contributed by atoms with Crippen molar-refractivity contribution in [2.24, 2.45) is 0 Å². The first-order valence-electron chi connectivity index (χ1n) is 5.04. The van der Waals surface area contributed by atoms with E-state index in [0.717, 1.165) is 24.6 Å². The molecule has 4 nitrogen and oxygen atoms in total. The van der Waals surface area contributed by atoms with Gasteiger partial charge in [-0.2, -0.15) is 0 Å². The SMILES string of the molecule is CCCNc1cncc(NC(C)C)n1. The van der Waals surface area contributed by atoms with Crippen molar-refractivity contribution in [3.05, 3.63) is 12.4 Å². The van der Waals surface area contributed by atoms with Crippen molar-refractivity contribution in [3.8, 4) is 0 Å². The second-order valence-electron chi connectivity index (χ2n) is 3.52. The van der Waals surface area contributed by atoms with Crippen molar-refractivity contribution in [1.82, 2.24) is 9.97 Å². The van der Waals surface area contributed by atoms with Crippen LogP contribution in [0.1, 0.15) is 27.2 Å². The summed E-state index contributed by atoms with van der Waals surface area (Å²) in [6.45, 7) is 7.21. The molecule has 2 N–H and O–H groups in total. The first kappa shape index (κ1) is 10.8. The smallest absolute Gasteiger partial charge is 0.147 e. The number of aromatic nitrogens is 2. The third kappa shape index (κ3) is 3.60. The van der Waals surface area contributed by atoms with Gasteiger partial charge in [-0.05, 0) is 20.3 Å². The molecule has 0 aliphatic rings. The van der Waals surface area contributed by atoms with Crippen LogP contribution in [0.5, 0.6) is 0 Å². The normalized spacial score (nSPS) is 10.3. The van der Waals surface area contributed by atoms with Crippen LogP contribution in [0.2, 0.25) is 0 Å². The molecule has 78 valence electrons. The van der Waals surface area contributed by atoms with Gasteiger partial charge in [-0.25, -0.2) is 4.98 Å². The molecule has 1 aromatic heterocycles. The highest BCUT2D eigenvalue weighted by Gasteiger charge is 1.98.